The number of carboxylic acids is 1. The quantitative estimate of drug-likeness (QED) is 0.867. The fourth-order valence-corrected chi connectivity index (χ4v) is 2.67. The zero-order valence-electron chi connectivity index (χ0n) is 10.9. The SMILES string of the molecule is C=CC1(c2ccccc2)COc2ccc(C(=O)O)cc21. The van der Waals surface area contributed by atoms with Gasteiger partial charge in [0, 0.05) is 5.56 Å². The Morgan fingerprint density at radius 1 is 1.25 bits per heavy atom. The summed E-state index contributed by atoms with van der Waals surface area (Å²) in [6.07, 6.45) is 1.83. The van der Waals surface area contributed by atoms with Crippen molar-refractivity contribution in [3.63, 3.8) is 0 Å². The van der Waals surface area contributed by atoms with E-state index in [2.05, 4.69) is 6.58 Å². The van der Waals surface area contributed by atoms with Crippen LogP contribution in [0.3, 0.4) is 0 Å². The molecule has 100 valence electrons. The minimum Gasteiger partial charge on any atom is -0.492 e. The van der Waals surface area contributed by atoms with Gasteiger partial charge in [-0.05, 0) is 23.8 Å². The Balaban J connectivity index is 2.21. The molecule has 20 heavy (non-hydrogen) atoms. The Labute approximate surface area is 117 Å². The van der Waals surface area contributed by atoms with Crippen LogP contribution in [0.4, 0.5) is 0 Å². The Morgan fingerprint density at radius 3 is 2.65 bits per heavy atom. The van der Waals surface area contributed by atoms with E-state index in [9.17, 15) is 4.79 Å². The lowest BCUT2D eigenvalue weighted by atomic mass is 9.76. The molecule has 2 aromatic carbocycles. The second-order valence-electron chi connectivity index (χ2n) is 4.85. The molecule has 3 nitrogen and oxygen atoms in total. The lowest BCUT2D eigenvalue weighted by Gasteiger charge is -2.24. The Morgan fingerprint density at radius 2 is 2.00 bits per heavy atom. The largest absolute Gasteiger partial charge is 0.492 e. The molecule has 0 bridgehead atoms. The Bertz CT molecular complexity index is 676. The van der Waals surface area contributed by atoms with Gasteiger partial charge in [-0.3, -0.25) is 0 Å². The molecule has 1 N–H and O–H groups in total. The van der Waals surface area contributed by atoms with Crippen molar-refractivity contribution in [1.82, 2.24) is 0 Å². The number of fused-ring (bicyclic) bond motifs is 1. The topological polar surface area (TPSA) is 46.5 Å². The number of aromatic carboxylic acids is 1. The van der Waals surface area contributed by atoms with Gasteiger partial charge in [0.2, 0.25) is 0 Å². The summed E-state index contributed by atoms with van der Waals surface area (Å²) in [6.45, 7) is 4.38. The highest BCUT2D eigenvalue weighted by Crippen LogP contribution is 2.44. The summed E-state index contributed by atoms with van der Waals surface area (Å²) in [4.78, 5) is 11.2. The number of ether oxygens (including phenoxy) is 1. The van der Waals surface area contributed by atoms with Gasteiger partial charge in [0.05, 0.1) is 11.0 Å². The van der Waals surface area contributed by atoms with Gasteiger partial charge in [-0.25, -0.2) is 4.79 Å². The standard InChI is InChI=1S/C17H14O3/c1-2-17(13-6-4-3-5-7-13)11-20-15-9-8-12(16(18)19)10-14(15)17/h2-10H,1,11H2,(H,18,19). The first-order valence-corrected chi connectivity index (χ1v) is 6.37. The third-order valence-corrected chi connectivity index (χ3v) is 3.80. The first-order valence-electron chi connectivity index (χ1n) is 6.37. The van der Waals surface area contributed by atoms with Gasteiger partial charge in [0.25, 0.3) is 0 Å². The molecule has 3 rings (SSSR count). The van der Waals surface area contributed by atoms with E-state index in [-0.39, 0.29) is 5.56 Å². The van der Waals surface area contributed by atoms with Gasteiger partial charge in [0.15, 0.2) is 0 Å². The van der Waals surface area contributed by atoms with Crippen molar-refractivity contribution >= 4 is 5.97 Å². The summed E-state index contributed by atoms with van der Waals surface area (Å²) in [6, 6.07) is 14.8. The lowest BCUT2D eigenvalue weighted by Crippen LogP contribution is -2.26. The molecule has 0 saturated heterocycles. The predicted octanol–water partition coefficient (Wildman–Crippen LogP) is 3.25. The number of rotatable bonds is 3. The van der Waals surface area contributed by atoms with E-state index in [1.165, 1.54) is 0 Å². The van der Waals surface area contributed by atoms with E-state index in [1.54, 1.807) is 18.2 Å². The summed E-state index contributed by atoms with van der Waals surface area (Å²) >= 11 is 0. The highest BCUT2D eigenvalue weighted by Gasteiger charge is 2.40. The van der Waals surface area contributed by atoms with Crippen molar-refractivity contribution in [3.05, 3.63) is 77.9 Å². The molecule has 0 saturated carbocycles. The zero-order chi connectivity index (χ0) is 14.2. The van der Waals surface area contributed by atoms with Crippen molar-refractivity contribution in [2.45, 2.75) is 5.41 Å². The predicted molar refractivity (Wildman–Crippen MR) is 76.3 cm³/mol. The van der Waals surface area contributed by atoms with E-state index < -0.39 is 11.4 Å². The van der Waals surface area contributed by atoms with Crippen LogP contribution in [0.1, 0.15) is 21.5 Å². The monoisotopic (exact) mass is 266 g/mol. The van der Waals surface area contributed by atoms with Crippen molar-refractivity contribution in [1.29, 1.82) is 0 Å². The van der Waals surface area contributed by atoms with Crippen LogP contribution in [0, 0.1) is 0 Å². The van der Waals surface area contributed by atoms with Gasteiger partial charge in [0.1, 0.15) is 12.4 Å². The highest BCUT2D eigenvalue weighted by atomic mass is 16.5. The third-order valence-electron chi connectivity index (χ3n) is 3.80. The molecule has 0 fully saturated rings. The molecule has 1 unspecified atom stereocenters. The number of carboxylic acid groups (broad SMARTS) is 1. The summed E-state index contributed by atoms with van der Waals surface area (Å²) < 4.78 is 5.73. The summed E-state index contributed by atoms with van der Waals surface area (Å²) in [5.41, 5.74) is 1.69. The minimum atomic E-state index is -0.939. The Hall–Kier alpha value is -2.55. The molecule has 1 atom stereocenters. The molecule has 1 aliphatic heterocycles. The third kappa shape index (κ3) is 1.71. The minimum absolute atomic E-state index is 0.261. The first-order chi connectivity index (χ1) is 9.67. The van der Waals surface area contributed by atoms with Crippen LogP contribution >= 0.6 is 0 Å². The van der Waals surface area contributed by atoms with Gasteiger partial charge < -0.3 is 9.84 Å². The fourth-order valence-electron chi connectivity index (χ4n) is 2.67. The molecular formula is C17H14O3. The van der Waals surface area contributed by atoms with E-state index >= 15 is 0 Å². The van der Waals surface area contributed by atoms with Gasteiger partial charge >= 0.3 is 5.97 Å². The van der Waals surface area contributed by atoms with Crippen molar-refractivity contribution < 1.29 is 14.6 Å². The first kappa shape index (κ1) is 12.5. The van der Waals surface area contributed by atoms with Crippen LogP contribution in [0.15, 0.2) is 61.2 Å². The molecule has 1 aliphatic rings. The van der Waals surface area contributed by atoms with Crippen LogP contribution in [-0.2, 0) is 5.41 Å². The summed E-state index contributed by atoms with van der Waals surface area (Å²) in [5, 5.41) is 9.16. The molecular weight excluding hydrogens is 252 g/mol. The Kier molecular flexibility index (Phi) is 2.83. The van der Waals surface area contributed by atoms with Crippen LogP contribution in [0.5, 0.6) is 5.75 Å². The average Bonchev–Trinajstić information content (AvgIpc) is 2.87. The maximum absolute atomic E-state index is 11.2. The maximum atomic E-state index is 11.2. The average molecular weight is 266 g/mol. The summed E-state index contributed by atoms with van der Waals surface area (Å²) in [7, 11) is 0. The van der Waals surface area contributed by atoms with Crippen LogP contribution in [0.2, 0.25) is 0 Å². The smallest absolute Gasteiger partial charge is 0.335 e. The van der Waals surface area contributed by atoms with Crippen molar-refractivity contribution in [2.24, 2.45) is 0 Å². The van der Waals surface area contributed by atoms with E-state index in [0.29, 0.717) is 6.61 Å². The van der Waals surface area contributed by atoms with Gasteiger partial charge in [-0.1, -0.05) is 36.4 Å². The second kappa shape index (κ2) is 4.53. The summed E-state index contributed by atoms with van der Waals surface area (Å²) in [5.74, 6) is -0.218. The van der Waals surface area contributed by atoms with E-state index in [1.807, 2.05) is 36.4 Å². The van der Waals surface area contributed by atoms with Crippen LogP contribution in [0.25, 0.3) is 0 Å². The van der Waals surface area contributed by atoms with Crippen molar-refractivity contribution in [3.8, 4) is 5.75 Å². The molecule has 0 amide bonds. The second-order valence-corrected chi connectivity index (χ2v) is 4.85. The molecule has 2 aromatic rings. The van der Waals surface area contributed by atoms with Gasteiger partial charge in [-0.2, -0.15) is 0 Å². The van der Waals surface area contributed by atoms with E-state index in [0.717, 1.165) is 16.9 Å². The number of hydrogen-bond donors (Lipinski definition) is 1. The maximum Gasteiger partial charge on any atom is 0.335 e. The molecule has 0 aromatic heterocycles. The molecule has 0 spiro atoms. The lowest BCUT2D eigenvalue weighted by molar-refractivity contribution is 0.0697. The molecule has 0 radical (unpaired) electrons. The zero-order valence-corrected chi connectivity index (χ0v) is 10.9. The fraction of sp³-hybridized carbons (Fsp3) is 0.118. The van der Waals surface area contributed by atoms with Crippen LogP contribution < -0.4 is 4.74 Å². The van der Waals surface area contributed by atoms with Crippen LogP contribution in [-0.4, -0.2) is 17.7 Å². The highest BCUT2D eigenvalue weighted by molar-refractivity contribution is 5.88. The molecule has 1 heterocycles. The van der Waals surface area contributed by atoms with E-state index in [4.69, 9.17) is 9.84 Å². The molecule has 0 aliphatic carbocycles. The molecule has 3 heteroatoms. The number of carbonyl (C=O) groups is 1. The normalized spacial score (nSPS) is 20.0. The number of hydrogen-bond acceptors (Lipinski definition) is 2. The van der Waals surface area contributed by atoms with Gasteiger partial charge in [-0.15, -0.1) is 6.58 Å². The number of benzene rings is 2. The van der Waals surface area contributed by atoms with Crippen molar-refractivity contribution in [2.75, 3.05) is 6.61 Å².